The number of benzene rings is 1. The molecule has 0 spiro atoms. The molecule has 0 unspecified atom stereocenters. The van der Waals surface area contributed by atoms with E-state index in [1.807, 2.05) is 31.2 Å². The number of aromatic amines is 1. The Hall–Kier alpha value is -2.69. The fourth-order valence-corrected chi connectivity index (χ4v) is 2.10. The summed E-state index contributed by atoms with van der Waals surface area (Å²) in [5.41, 5.74) is 3.53. The van der Waals surface area contributed by atoms with Crippen molar-refractivity contribution >= 4 is 16.9 Å². The lowest BCUT2D eigenvalue weighted by atomic mass is 10.1. The third kappa shape index (κ3) is 1.95. The molecule has 0 amide bonds. The number of aryl methyl sites for hydroxylation is 1. The van der Waals surface area contributed by atoms with Crippen LogP contribution >= 0.6 is 0 Å². The van der Waals surface area contributed by atoms with Gasteiger partial charge >= 0.3 is 5.97 Å². The summed E-state index contributed by atoms with van der Waals surface area (Å²) in [5, 5.41) is 17.6. The maximum absolute atomic E-state index is 11.2. The van der Waals surface area contributed by atoms with Crippen molar-refractivity contribution in [1.29, 1.82) is 0 Å². The molecule has 2 N–H and O–H groups in total. The first-order valence-electron chi connectivity index (χ1n) is 5.79. The van der Waals surface area contributed by atoms with Gasteiger partial charge < -0.3 is 10.1 Å². The summed E-state index contributed by atoms with van der Waals surface area (Å²) in [4.78, 5) is 14.4. The number of carbonyl (C=O) groups is 1. The average Bonchev–Trinajstić information content (AvgIpc) is 2.81. The van der Waals surface area contributed by atoms with Crippen LogP contribution in [0.2, 0.25) is 0 Å². The number of aromatic nitrogens is 3. The molecule has 2 heterocycles. The molecule has 0 saturated carbocycles. The monoisotopic (exact) mass is 253 g/mol. The molecule has 0 aliphatic heterocycles. The topological polar surface area (TPSA) is 78.9 Å². The zero-order valence-corrected chi connectivity index (χ0v) is 10.2. The van der Waals surface area contributed by atoms with E-state index in [1.165, 1.54) is 12.4 Å². The lowest BCUT2D eigenvalue weighted by molar-refractivity contribution is 0.0697. The van der Waals surface area contributed by atoms with Crippen molar-refractivity contribution in [2.75, 3.05) is 0 Å². The normalized spacial score (nSPS) is 10.8. The predicted octanol–water partition coefficient (Wildman–Crippen LogP) is 2.63. The molecule has 19 heavy (non-hydrogen) atoms. The summed E-state index contributed by atoms with van der Waals surface area (Å²) in [6, 6.07) is 7.95. The van der Waals surface area contributed by atoms with Crippen LogP contribution in [0.1, 0.15) is 15.9 Å². The van der Waals surface area contributed by atoms with Crippen LogP contribution in [0.25, 0.3) is 22.2 Å². The van der Waals surface area contributed by atoms with Crippen molar-refractivity contribution in [2.45, 2.75) is 6.92 Å². The number of carboxylic acids is 1. The minimum atomic E-state index is -1.01. The zero-order chi connectivity index (χ0) is 13.4. The van der Waals surface area contributed by atoms with E-state index in [2.05, 4.69) is 15.2 Å². The van der Waals surface area contributed by atoms with Gasteiger partial charge in [-0.25, -0.2) is 4.79 Å². The Bertz CT molecular complexity index is 777. The van der Waals surface area contributed by atoms with E-state index >= 15 is 0 Å². The number of hydrogen-bond donors (Lipinski definition) is 2. The van der Waals surface area contributed by atoms with Crippen LogP contribution in [-0.2, 0) is 0 Å². The molecule has 5 nitrogen and oxygen atoms in total. The van der Waals surface area contributed by atoms with E-state index in [1.54, 1.807) is 0 Å². The fraction of sp³-hybridized carbons (Fsp3) is 0.0714. The van der Waals surface area contributed by atoms with Gasteiger partial charge in [0.2, 0.25) is 0 Å². The first-order valence-corrected chi connectivity index (χ1v) is 5.79. The maximum Gasteiger partial charge on any atom is 0.338 e. The molecule has 94 valence electrons. The number of hydrogen-bond acceptors (Lipinski definition) is 3. The summed E-state index contributed by atoms with van der Waals surface area (Å²) >= 11 is 0. The molecule has 3 rings (SSSR count). The standard InChI is InChI=1S/C14H11N3O2/c1-8-2-3-12-9(4-8)5-13(17-12)10-6-15-16-7-11(10)14(18)19/h2-7,17H,1H3,(H,18,19). The van der Waals surface area contributed by atoms with E-state index < -0.39 is 5.97 Å². The fourth-order valence-electron chi connectivity index (χ4n) is 2.10. The Morgan fingerprint density at radius 1 is 1.21 bits per heavy atom. The molecular formula is C14H11N3O2. The van der Waals surface area contributed by atoms with E-state index in [0.717, 1.165) is 22.2 Å². The van der Waals surface area contributed by atoms with Gasteiger partial charge in [0.05, 0.1) is 18.0 Å². The molecule has 0 bridgehead atoms. The first kappa shape index (κ1) is 11.4. The van der Waals surface area contributed by atoms with Crippen molar-refractivity contribution in [1.82, 2.24) is 15.2 Å². The minimum Gasteiger partial charge on any atom is -0.478 e. The molecule has 2 aromatic heterocycles. The third-order valence-corrected chi connectivity index (χ3v) is 3.03. The highest BCUT2D eigenvalue weighted by atomic mass is 16.4. The Morgan fingerprint density at radius 2 is 2.00 bits per heavy atom. The number of H-pyrrole nitrogens is 1. The van der Waals surface area contributed by atoms with Gasteiger partial charge in [-0.1, -0.05) is 11.6 Å². The minimum absolute atomic E-state index is 0.137. The second-order valence-corrected chi connectivity index (χ2v) is 4.40. The molecule has 0 aliphatic carbocycles. The van der Waals surface area contributed by atoms with Crippen LogP contribution in [0.15, 0.2) is 36.7 Å². The van der Waals surface area contributed by atoms with Gasteiger partial charge in [0.1, 0.15) is 0 Å². The predicted molar refractivity (Wildman–Crippen MR) is 71.0 cm³/mol. The number of rotatable bonds is 2. The first-order chi connectivity index (χ1) is 9.15. The lowest BCUT2D eigenvalue weighted by Crippen LogP contribution is -2.01. The van der Waals surface area contributed by atoms with Gasteiger partial charge in [-0.3, -0.25) is 0 Å². The van der Waals surface area contributed by atoms with Crippen molar-refractivity contribution < 1.29 is 9.90 Å². The molecule has 1 aromatic carbocycles. The van der Waals surface area contributed by atoms with E-state index in [4.69, 9.17) is 5.11 Å². The highest BCUT2D eigenvalue weighted by Crippen LogP contribution is 2.26. The molecule has 0 fully saturated rings. The van der Waals surface area contributed by atoms with Crippen LogP contribution in [0.4, 0.5) is 0 Å². The van der Waals surface area contributed by atoms with E-state index in [-0.39, 0.29) is 5.56 Å². The quantitative estimate of drug-likeness (QED) is 0.735. The summed E-state index contributed by atoms with van der Waals surface area (Å²) in [5.74, 6) is -1.01. The summed E-state index contributed by atoms with van der Waals surface area (Å²) < 4.78 is 0. The SMILES string of the molecule is Cc1ccc2[nH]c(-c3cnncc3C(=O)O)cc2c1. The van der Waals surface area contributed by atoms with Crippen molar-refractivity contribution in [2.24, 2.45) is 0 Å². The van der Waals surface area contributed by atoms with Gasteiger partial charge in [-0.2, -0.15) is 10.2 Å². The van der Waals surface area contributed by atoms with E-state index in [9.17, 15) is 4.79 Å². The summed E-state index contributed by atoms with van der Waals surface area (Å²) in [6.07, 6.45) is 2.72. The Labute approximate surface area is 108 Å². The number of nitrogens with zero attached hydrogens (tertiary/aromatic N) is 2. The molecule has 0 atom stereocenters. The second-order valence-electron chi connectivity index (χ2n) is 4.40. The van der Waals surface area contributed by atoms with Gasteiger partial charge in [0, 0.05) is 22.2 Å². The number of carboxylic acid groups (broad SMARTS) is 1. The zero-order valence-electron chi connectivity index (χ0n) is 10.2. The molecular weight excluding hydrogens is 242 g/mol. The Kier molecular flexibility index (Phi) is 2.52. The Morgan fingerprint density at radius 3 is 2.79 bits per heavy atom. The van der Waals surface area contributed by atoms with Gasteiger partial charge in [-0.05, 0) is 25.1 Å². The molecule has 0 radical (unpaired) electrons. The number of fused-ring (bicyclic) bond motifs is 1. The smallest absolute Gasteiger partial charge is 0.338 e. The Balaban J connectivity index is 2.22. The highest BCUT2D eigenvalue weighted by molar-refractivity contribution is 5.97. The second kappa shape index (κ2) is 4.20. The van der Waals surface area contributed by atoms with E-state index in [0.29, 0.717) is 5.56 Å². The highest BCUT2D eigenvalue weighted by Gasteiger charge is 2.14. The van der Waals surface area contributed by atoms with Crippen molar-refractivity contribution in [3.63, 3.8) is 0 Å². The largest absolute Gasteiger partial charge is 0.478 e. The third-order valence-electron chi connectivity index (χ3n) is 3.03. The van der Waals surface area contributed by atoms with Crippen LogP contribution in [0.3, 0.4) is 0 Å². The van der Waals surface area contributed by atoms with Crippen LogP contribution in [-0.4, -0.2) is 26.3 Å². The average molecular weight is 253 g/mol. The van der Waals surface area contributed by atoms with Gasteiger partial charge in [0.25, 0.3) is 0 Å². The van der Waals surface area contributed by atoms with Crippen LogP contribution < -0.4 is 0 Å². The summed E-state index contributed by atoms with van der Waals surface area (Å²) in [7, 11) is 0. The van der Waals surface area contributed by atoms with Crippen LogP contribution in [0, 0.1) is 6.92 Å². The lowest BCUT2D eigenvalue weighted by Gasteiger charge is -2.01. The van der Waals surface area contributed by atoms with Gasteiger partial charge in [-0.15, -0.1) is 0 Å². The number of nitrogens with one attached hydrogen (secondary N) is 1. The number of aromatic carboxylic acids is 1. The van der Waals surface area contributed by atoms with Gasteiger partial charge in [0.15, 0.2) is 0 Å². The van der Waals surface area contributed by atoms with Crippen molar-refractivity contribution in [3.8, 4) is 11.3 Å². The summed E-state index contributed by atoms with van der Waals surface area (Å²) in [6.45, 7) is 2.02. The molecule has 0 saturated heterocycles. The van der Waals surface area contributed by atoms with Crippen LogP contribution in [0.5, 0.6) is 0 Å². The molecule has 3 aromatic rings. The van der Waals surface area contributed by atoms with Crippen molar-refractivity contribution in [3.05, 3.63) is 47.8 Å². The molecule has 5 heteroatoms. The molecule has 0 aliphatic rings. The maximum atomic E-state index is 11.2.